The fraction of sp³-hybridized carbons (Fsp3) is 0.567. The highest BCUT2D eigenvalue weighted by Crippen LogP contribution is 2.33. The van der Waals surface area contributed by atoms with E-state index in [1.54, 1.807) is 13.0 Å². The Hall–Kier alpha value is -2.45. The number of nitrogens with zero attached hydrogens (tertiary/aromatic N) is 1. The number of allylic oxidation sites excluding steroid dienone is 1. The molecule has 0 radical (unpaired) electrons. The van der Waals surface area contributed by atoms with Crippen LogP contribution in [0, 0.1) is 18.1 Å². The predicted molar refractivity (Wildman–Crippen MR) is 145 cm³/mol. The van der Waals surface area contributed by atoms with Gasteiger partial charge in [-0.15, -0.1) is 4.99 Å². The monoisotopic (exact) mass is 513 g/mol. The number of aliphatic hydroxyl groups excluding tert-OH is 3. The number of aliphatic imine (C=N–C) groups is 1. The Balaban J connectivity index is 1.44. The zero-order valence-corrected chi connectivity index (χ0v) is 22.4. The molecule has 0 fully saturated rings. The van der Waals surface area contributed by atoms with Crippen molar-refractivity contribution in [2.75, 3.05) is 13.2 Å². The Bertz CT molecular complexity index is 940. The number of phenols is 1. The zero-order valence-electron chi connectivity index (χ0n) is 22.4. The van der Waals surface area contributed by atoms with Crippen molar-refractivity contribution in [3.63, 3.8) is 0 Å². The minimum Gasteiger partial charge on any atom is -0.504 e. The molecule has 0 saturated heterocycles. The van der Waals surface area contributed by atoms with Crippen LogP contribution in [0.15, 0.2) is 46.5 Å². The van der Waals surface area contributed by atoms with Crippen molar-refractivity contribution >= 4 is 6.21 Å². The van der Waals surface area contributed by atoms with Gasteiger partial charge in [-0.25, -0.2) is 0 Å². The summed E-state index contributed by atoms with van der Waals surface area (Å²) in [5, 5.41) is 39.2. The summed E-state index contributed by atoms with van der Waals surface area (Å²) >= 11 is 0. The standard InChI is InChI=1S/C30H43NO6/c1-4-5-6-29-24(19-32)17-26(37-29)10-8-22-9-12-28(35)30(15-22)36-14-13-25-16-23(18-31-25)20(2)7-11-27(34)21(3)33/h9,12,15-18,20-21,27,29,32-35H,4-8,10-11,13-14,19H2,1-3H3/t20-,21+,27+,29?/m1/s1. The maximum atomic E-state index is 10.3. The summed E-state index contributed by atoms with van der Waals surface area (Å²) < 4.78 is 12.0. The fourth-order valence-electron chi connectivity index (χ4n) is 4.53. The van der Waals surface area contributed by atoms with E-state index in [-0.39, 0.29) is 24.4 Å². The van der Waals surface area contributed by atoms with Gasteiger partial charge in [0.25, 0.3) is 0 Å². The number of unbranched alkanes of at least 4 members (excludes halogenated alkanes) is 1. The van der Waals surface area contributed by atoms with Crippen molar-refractivity contribution in [3.8, 4) is 11.5 Å². The number of hydrogen-bond donors (Lipinski definition) is 4. The van der Waals surface area contributed by atoms with E-state index in [0.29, 0.717) is 25.2 Å². The van der Waals surface area contributed by atoms with Gasteiger partial charge in [0, 0.05) is 18.6 Å². The molecule has 0 aromatic heterocycles. The van der Waals surface area contributed by atoms with E-state index in [1.165, 1.54) is 0 Å². The molecule has 7 nitrogen and oxygen atoms in total. The molecular weight excluding hydrogens is 470 g/mol. The summed E-state index contributed by atoms with van der Waals surface area (Å²) in [6.07, 6.45) is 11.9. The Morgan fingerprint density at radius 3 is 2.76 bits per heavy atom. The second kappa shape index (κ2) is 14.5. The molecule has 0 aliphatic carbocycles. The molecule has 7 heteroatoms. The van der Waals surface area contributed by atoms with Crippen LogP contribution in [-0.2, 0) is 11.2 Å². The molecular formula is C30H43NO6. The number of rotatable bonds is 16. The van der Waals surface area contributed by atoms with Crippen LogP contribution < -0.4 is 4.74 Å². The summed E-state index contributed by atoms with van der Waals surface area (Å²) in [5.41, 5.74) is 3.11. The maximum absolute atomic E-state index is 10.3. The van der Waals surface area contributed by atoms with Crippen LogP contribution in [0.4, 0.5) is 0 Å². The summed E-state index contributed by atoms with van der Waals surface area (Å²) in [6.45, 7) is 6.26. The molecule has 0 saturated carbocycles. The summed E-state index contributed by atoms with van der Waals surface area (Å²) in [7, 11) is 0. The Labute approximate surface area is 221 Å². The highest BCUT2D eigenvalue weighted by Gasteiger charge is 2.26. The average Bonchev–Trinajstić information content (AvgIpc) is 3.52. The minimum absolute atomic E-state index is 0.0113. The van der Waals surface area contributed by atoms with Crippen LogP contribution in [0.25, 0.3) is 0 Å². The smallest absolute Gasteiger partial charge is 0.176 e. The van der Waals surface area contributed by atoms with E-state index in [4.69, 9.17) is 9.47 Å². The molecule has 2 aliphatic heterocycles. The number of ether oxygens (including phenoxy) is 2. The summed E-state index contributed by atoms with van der Waals surface area (Å²) in [5.74, 6) is 0.801. The van der Waals surface area contributed by atoms with Gasteiger partial charge in [0.15, 0.2) is 23.8 Å². The first-order chi connectivity index (χ1) is 17.8. The highest BCUT2D eigenvalue weighted by molar-refractivity contribution is 5.83. The van der Waals surface area contributed by atoms with Crippen LogP contribution in [0.1, 0.15) is 71.3 Å². The van der Waals surface area contributed by atoms with Gasteiger partial charge >= 0.3 is 0 Å². The Morgan fingerprint density at radius 1 is 1.22 bits per heavy atom. The number of benzene rings is 1. The Kier molecular flexibility index (Phi) is 11.4. The minimum atomic E-state index is -0.721. The van der Waals surface area contributed by atoms with Crippen LogP contribution in [-0.4, -0.2) is 58.2 Å². The molecule has 1 aromatic rings. The molecule has 0 amide bonds. The lowest BCUT2D eigenvalue weighted by atomic mass is 9.94. The SMILES string of the molecule is CCCCC1O[C-](CCc2ccc(O)c(OCC[C+]3C=C([C@H](C)CC[C@H](O)[C@H](C)O)C=N3)c2)C=C1CO. The second-order valence-corrected chi connectivity index (χ2v) is 10.2. The molecule has 0 bridgehead atoms. The number of aliphatic hydroxyl groups is 3. The third kappa shape index (κ3) is 8.82. The first-order valence-corrected chi connectivity index (χ1v) is 13.6. The maximum Gasteiger partial charge on any atom is 0.176 e. The van der Waals surface area contributed by atoms with Crippen molar-refractivity contribution in [2.24, 2.45) is 10.9 Å². The summed E-state index contributed by atoms with van der Waals surface area (Å²) in [4.78, 5) is 4.49. The van der Waals surface area contributed by atoms with Gasteiger partial charge in [-0.3, -0.25) is 0 Å². The second-order valence-electron chi connectivity index (χ2n) is 10.2. The van der Waals surface area contributed by atoms with Crippen LogP contribution >= 0.6 is 0 Å². The molecule has 4 N–H and O–H groups in total. The number of aryl methyl sites for hydroxylation is 1. The lowest BCUT2D eigenvalue weighted by Gasteiger charge is -2.24. The molecule has 2 heterocycles. The molecule has 1 unspecified atom stereocenters. The van der Waals surface area contributed by atoms with Crippen molar-refractivity contribution in [3.05, 3.63) is 59.2 Å². The third-order valence-electron chi connectivity index (χ3n) is 7.09. The van der Waals surface area contributed by atoms with Gasteiger partial charge in [-0.2, -0.15) is 11.6 Å². The lowest BCUT2D eigenvalue weighted by molar-refractivity contribution is 0.0235. The lowest BCUT2D eigenvalue weighted by Crippen LogP contribution is -2.23. The van der Waals surface area contributed by atoms with Crippen LogP contribution in [0.5, 0.6) is 11.5 Å². The van der Waals surface area contributed by atoms with E-state index in [9.17, 15) is 20.4 Å². The Morgan fingerprint density at radius 2 is 2.03 bits per heavy atom. The van der Waals surface area contributed by atoms with E-state index in [1.807, 2.05) is 24.4 Å². The normalized spacial score (nSPS) is 19.7. The molecule has 204 valence electrons. The molecule has 1 aromatic carbocycles. The highest BCUT2D eigenvalue weighted by atomic mass is 16.5. The van der Waals surface area contributed by atoms with Crippen molar-refractivity contribution in [1.82, 2.24) is 0 Å². The van der Waals surface area contributed by atoms with Crippen molar-refractivity contribution in [1.29, 1.82) is 0 Å². The van der Waals surface area contributed by atoms with E-state index < -0.39 is 12.2 Å². The van der Waals surface area contributed by atoms with Gasteiger partial charge < -0.3 is 29.9 Å². The van der Waals surface area contributed by atoms with Crippen molar-refractivity contribution in [2.45, 2.75) is 90.4 Å². The molecule has 0 spiro atoms. The van der Waals surface area contributed by atoms with Gasteiger partial charge in [-0.1, -0.05) is 38.4 Å². The van der Waals surface area contributed by atoms with Crippen LogP contribution in [0.2, 0.25) is 0 Å². The van der Waals surface area contributed by atoms with E-state index in [2.05, 4.69) is 24.9 Å². The summed E-state index contributed by atoms with van der Waals surface area (Å²) in [6, 6.07) is 6.35. The van der Waals surface area contributed by atoms with Crippen molar-refractivity contribution < 1.29 is 29.9 Å². The van der Waals surface area contributed by atoms with Gasteiger partial charge in [0.05, 0.1) is 24.7 Å². The number of aromatic hydroxyl groups is 1. The topological polar surface area (TPSA) is 112 Å². The van der Waals surface area contributed by atoms with E-state index in [0.717, 1.165) is 67.4 Å². The molecule has 4 atom stereocenters. The first-order valence-electron chi connectivity index (χ1n) is 13.6. The third-order valence-corrected chi connectivity index (χ3v) is 7.09. The fourth-order valence-corrected chi connectivity index (χ4v) is 4.53. The molecule has 37 heavy (non-hydrogen) atoms. The molecule has 2 aliphatic rings. The largest absolute Gasteiger partial charge is 0.504 e. The quantitative estimate of drug-likeness (QED) is 0.236. The zero-order chi connectivity index (χ0) is 26.8. The van der Waals surface area contributed by atoms with Crippen LogP contribution in [0.3, 0.4) is 0 Å². The predicted octanol–water partition coefficient (Wildman–Crippen LogP) is 4.83. The van der Waals surface area contributed by atoms with Gasteiger partial charge in [0.1, 0.15) is 12.2 Å². The van der Waals surface area contributed by atoms with Gasteiger partial charge in [0.2, 0.25) is 0 Å². The average molecular weight is 514 g/mol. The first kappa shape index (κ1) is 29.1. The number of hydrogen-bond acceptors (Lipinski definition) is 7. The molecule has 3 rings (SSSR count). The van der Waals surface area contributed by atoms with E-state index >= 15 is 0 Å². The number of phenolic OH excluding ortho intramolecular Hbond substituents is 1. The van der Waals surface area contributed by atoms with Gasteiger partial charge in [-0.05, 0) is 57.2 Å².